The van der Waals surface area contributed by atoms with Crippen molar-refractivity contribution in [3.63, 3.8) is 0 Å². The summed E-state index contributed by atoms with van der Waals surface area (Å²) in [4.78, 5) is 13.6. The van der Waals surface area contributed by atoms with Crippen LogP contribution in [0.25, 0.3) is 0 Å². The van der Waals surface area contributed by atoms with Crippen LogP contribution in [0.3, 0.4) is 0 Å². The quantitative estimate of drug-likeness (QED) is 0.733. The molecular weight excluding hydrogens is 217 g/mol. The van der Waals surface area contributed by atoms with Gasteiger partial charge in [-0.3, -0.25) is 4.79 Å². The van der Waals surface area contributed by atoms with Crippen molar-refractivity contribution in [2.45, 2.75) is 33.6 Å². The molecule has 1 heterocycles. The fraction of sp³-hybridized carbons (Fsp3) is 0.500. The number of hydrogen-bond donors (Lipinski definition) is 0. The highest BCUT2D eigenvalue weighted by molar-refractivity contribution is 5.94. The first kappa shape index (κ1) is 13.7. The number of halogens is 1. The Balaban J connectivity index is 0.000000686. The maximum atomic E-state index is 13.5. The third kappa shape index (κ3) is 3.29. The number of amides is 1. The Bertz CT molecular complexity index is 384. The molecule has 94 valence electrons. The number of carbonyl (C=O) groups is 1. The molecule has 0 saturated carbocycles. The first-order valence-corrected chi connectivity index (χ1v) is 6.24. The molecule has 1 saturated heterocycles. The minimum atomic E-state index is -0.410. The second-order valence-electron chi connectivity index (χ2n) is 3.98. The van der Waals surface area contributed by atoms with E-state index in [9.17, 15) is 9.18 Å². The van der Waals surface area contributed by atoms with Crippen molar-refractivity contribution < 1.29 is 9.18 Å². The predicted molar refractivity (Wildman–Crippen MR) is 67.6 cm³/mol. The lowest BCUT2D eigenvalue weighted by Crippen LogP contribution is -2.28. The topological polar surface area (TPSA) is 20.3 Å². The third-order valence-electron chi connectivity index (χ3n) is 2.75. The molecule has 0 aliphatic carbocycles. The zero-order chi connectivity index (χ0) is 12.8. The number of rotatable bonds is 1. The fourth-order valence-electron chi connectivity index (χ4n) is 1.88. The zero-order valence-electron chi connectivity index (χ0n) is 10.8. The summed E-state index contributed by atoms with van der Waals surface area (Å²) in [6, 6.07) is 4.75. The highest BCUT2D eigenvalue weighted by Gasteiger charge is 2.21. The Kier molecular flexibility index (Phi) is 5.13. The van der Waals surface area contributed by atoms with Crippen molar-refractivity contribution in [2.75, 3.05) is 13.1 Å². The molecule has 1 aromatic carbocycles. The van der Waals surface area contributed by atoms with Crippen LogP contribution in [0, 0.1) is 12.7 Å². The maximum Gasteiger partial charge on any atom is 0.256 e. The molecule has 1 aliphatic rings. The van der Waals surface area contributed by atoms with Gasteiger partial charge in [-0.15, -0.1) is 0 Å². The second kappa shape index (κ2) is 6.38. The van der Waals surface area contributed by atoms with Crippen LogP contribution in [0.5, 0.6) is 0 Å². The summed E-state index contributed by atoms with van der Waals surface area (Å²) in [6.07, 6.45) is 2.05. The molecule has 0 spiro atoms. The highest BCUT2D eigenvalue weighted by Crippen LogP contribution is 2.16. The Hall–Kier alpha value is -1.38. The molecule has 0 bridgehead atoms. The summed E-state index contributed by atoms with van der Waals surface area (Å²) in [6.45, 7) is 7.32. The number of hydrogen-bond acceptors (Lipinski definition) is 1. The zero-order valence-corrected chi connectivity index (χ0v) is 10.8. The molecule has 1 fully saturated rings. The standard InChI is InChI=1S/C12H14FNO.C2H6/c1-9-4-5-10(11(13)8-9)12(15)14-6-2-3-7-14;1-2/h4-5,8H,2-3,6-7H2,1H3;1-2H3. The van der Waals surface area contributed by atoms with Crippen molar-refractivity contribution >= 4 is 5.91 Å². The van der Waals surface area contributed by atoms with E-state index >= 15 is 0 Å². The van der Waals surface area contributed by atoms with Crippen LogP contribution < -0.4 is 0 Å². The molecule has 0 aromatic heterocycles. The van der Waals surface area contributed by atoms with Crippen LogP contribution in [0.15, 0.2) is 18.2 Å². The van der Waals surface area contributed by atoms with Gasteiger partial charge in [0.25, 0.3) is 5.91 Å². The van der Waals surface area contributed by atoms with Crippen LogP contribution in [0.2, 0.25) is 0 Å². The Labute approximate surface area is 102 Å². The summed E-state index contributed by atoms with van der Waals surface area (Å²) in [5.41, 5.74) is 1.04. The molecule has 2 rings (SSSR count). The van der Waals surface area contributed by atoms with Crippen LogP contribution in [0.4, 0.5) is 4.39 Å². The lowest BCUT2D eigenvalue weighted by Gasteiger charge is -2.15. The third-order valence-corrected chi connectivity index (χ3v) is 2.75. The van der Waals surface area contributed by atoms with Crippen LogP contribution in [-0.4, -0.2) is 23.9 Å². The van der Waals surface area contributed by atoms with Gasteiger partial charge in [0, 0.05) is 13.1 Å². The van der Waals surface area contributed by atoms with Gasteiger partial charge in [0.05, 0.1) is 5.56 Å². The molecule has 0 N–H and O–H groups in total. The van der Waals surface area contributed by atoms with Crippen molar-refractivity contribution in [3.05, 3.63) is 35.1 Å². The number of carbonyl (C=O) groups excluding carboxylic acids is 1. The summed E-state index contributed by atoms with van der Waals surface area (Å²) < 4.78 is 13.5. The van der Waals surface area contributed by atoms with Gasteiger partial charge >= 0.3 is 0 Å². The van der Waals surface area contributed by atoms with Crippen LogP contribution in [-0.2, 0) is 0 Å². The van der Waals surface area contributed by atoms with E-state index in [4.69, 9.17) is 0 Å². The van der Waals surface area contributed by atoms with Crippen LogP contribution in [0.1, 0.15) is 42.6 Å². The highest BCUT2D eigenvalue weighted by atomic mass is 19.1. The smallest absolute Gasteiger partial charge is 0.256 e. The van der Waals surface area contributed by atoms with E-state index in [2.05, 4.69) is 0 Å². The van der Waals surface area contributed by atoms with E-state index in [0.717, 1.165) is 31.5 Å². The minimum absolute atomic E-state index is 0.176. The number of aryl methyl sites for hydroxylation is 1. The van der Waals surface area contributed by atoms with E-state index in [1.807, 2.05) is 20.8 Å². The van der Waals surface area contributed by atoms with E-state index in [1.54, 1.807) is 17.0 Å². The molecule has 0 unspecified atom stereocenters. The molecule has 1 aliphatic heterocycles. The molecule has 1 amide bonds. The molecule has 2 nitrogen and oxygen atoms in total. The molecule has 0 atom stereocenters. The maximum absolute atomic E-state index is 13.5. The predicted octanol–water partition coefficient (Wildman–Crippen LogP) is 3.40. The number of nitrogens with zero attached hydrogens (tertiary/aromatic N) is 1. The van der Waals surface area contributed by atoms with Gasteiger partial charge in [-0.1, -0.05) is 19.9 Å². The molecule has 17 heavy (non-hydrogen) atoms. The normalized spacial score (nSPS) is 14.2. The van der Waals surface area contributed by atoms with Gasteiger partial charge < -0.3 is 4.90 Å². The van der Waals surface area contributed by atoms with E-state index < -0.39 is 5.82 Å². The average molecular weight is 237 g/mol. The number of likely N-dealkylation sites (tertiary alicyclic amines) is 1. The van der Waals surface area contributed by atoms with E-state index in [-0.39, 0.29) is 11.5 Å². The molecule has 1 aromatic rings. The largest absolute Gasteiger partial charge is 0.339 e. The number of benzene rings is 1. The van der Waals surface area contributed by atoms with Gasteiger partial charge in [-0.25, -0.2) is 4.39 Å². The minimum Gasteiger partial charge on any atom is -0.339 e. The molecule has 0 radical (unpaired) electrons. The van der Waals surface area contributed by atoms with Crippen molar-refractivity contribution in [1.29, 1.82) is 0 Å². The Morgan fingerprint density at radius 3 is 2.35 bits per heavy atom. The summed E-state index contributed by atoms with van der Waals surface area (Å²) >= 11 is 0. The van der Waals surface area contributed by atoms with Gasteiger partial charge in [0.2, 0.25) is 0 Å². The van der Waals surface area contributed by atoms with Gasteiger partial charge in [-0.05, 0) is 37.5 Å². The first-order valence-electron chi connectivity index (χ1n) is 6.24. The lowest BCUT2D eigenvalue weighted by atomic mass is 10.1. The lowest BCUT2D eigenvalue weighted by molar-refractivity contribution is 0.0788. The second-order valence-corrected chi connectivity index (χ2v) is 3.98. The molecular formula is C14H20FNO. The van der Waals surface area contributed by atoms with E-state index in [1.165, 1.54) is 6.07 Å². The monoisotopic (exact) mass is 237 g/mol. The van der Waals surface area contributed by atoms with Gasteiger partial charge in [0.1, 0.15) is 5.82 Å². The Morgan fingerprint density at radius 1 is 1.24 bits per heavy atom. The summed E-state index contributed by atoms with van der Waals surface area (Å²) in [7, 11) is 0. The first-order chi connectivity index (χ1) is 8.18. The Morgan fingerprint density at radius 2 is 1.82 bits per heavy atom. The molecule has 3 heteroatoms. The van der Waals surface area contributed by atoms with Gasteiger partial charge in [-0.2, -0.15) is 0 Å². The van der Waals surface area contributed by atoms with Crippen molar-refractivity contribution in [1.82, 2.24) is 4.90 Å². The summed E-state index contributed by atoms with van der Waals surface area (Å²) in [5.74, 6) is -0.586. The van der Waals surface area contributed by atoms with Crippen LogP contribution >= 0.6 is 0 Å². The van der Waals surface area contributed by atoms with Gasteiger partial charge in [0.15, 0.2) is 0 Å². The fourth-order valence-corrected chi connectivity index (χ4v) is 1.88. The van der Waals surface area contributed by atoms with Crippen molar-refractivity contribution in [3.8, 4) is 0 Å². The summed E-state index contributed by atoms with van der Waals surface area (Å²) in [5, 5.41) is 0. The average Bonchev–Trinajstić information content (AvgIpc) is 2.84. The SMILES string of the molecule is CC.Cc1ccc(C(=O)N2CCCC2)c(F)c1. The van der Waals surface area contributed by atoms with E-state index in [0.29, 0.717) is 0 Å². The van der Waals surface area contributed by atoms with Crippen molar-refractivity contribution in [2.24, 2.45) is 0 Å².